The number of benzene rings is 1. The normalized spacial score (nSPS) is 10.9. The van der Waals surface area contributed by atoms with Crippen molar-refractivity contribution in [2.75, 3.05) is 5.73 Å². The molecule has 0 aliphatic carbocycles. The molecule has 0 aliphatic heterocycles. The first-order valence-corrected chi connectivity index (χ1v) is 5.27. The van der Waals surface area contributed by atoms with E-state index in [-0.39, 0.29) is 5.95 Å². The summed E-state index contributed by atoms with van der Waals surface area (Å²) in [6, 6.07) is 8.06. The minimum Gasteiger partial charge on any atom is -0.368 e. The zero-order valence-electron chi connectivity index (χ0n) is 9.33. The monoisotopic (exact) mass is 225 g/mol. The highest BCUT2D eigenvalue weighted by Crippen LogP contribution is 2.18. The van der Waals surface area contributed by atoms with E-state index in [1.807, 2.05) is 35.8 Å². The Morgan fingerprint density at radius 2 is 2.00 bits per heavy atom. The first kappa shape index (κ1) is 9.77. The van der Waals surface area contributed by atoms with Crippen LogP contribution in [0.1, 0.15) is 5.56 Å². The summed E-state index contributed by atoms with van der Waals surface area (Å²) in [5, 5.41) is 0. The summed E-state index contributed by atoms with van der Waals surface area (Å²) in [5.41, 5.74) is 9.28. The number of nitrogens with two attached hydrogens (primary N) is 1. The quantitative estimate of drug-likeness (QED) is 0.684. The van der Waals surface area contributed by atoms with Crippen LogP contribution < -0.4 is 5.73 Å². The third-order valence-corrected chi connectivity index (χ3v) is 2.68. The molecule has 0 saturated heterocycles. The largest absolute Gasteiger partial charge is 0.368 e. The van der Waals surface area contributed by atoms with E-state index < -0.39 is 0 Å². The predicted octanol–water partition coefficient (Wildman–Crippen LogP) is 1.71. The van der Waals surface area contributed by atoms with Crippen LogP contribution in [0, 0.1) is 6.92 Å². The van der Waals surface area contributed by atoms with Gasteiger partial charge in [0.05, 0.1) is 11.9 Å². The predicted molar refractivity (Wildman–Crippen MR) is 65.8 cm³/mol. The highest BCUT2D eigenvalue weighted by atomic mass is 15.1. The lowest BCUT2D eigenvalue weighted by Gasteiger charge is -2.06. The SMILES string of the molecule is Cc1ccccc1-n1cnc2cnc(N)nc21. The second kappa shape index (κ2) is 3.55. The van der Waals surface area contributed by atoms with Gasteiger partial charge in [-0.05, 0) is 18.6 Å². The number of hydrogen-bond acceptors (Lipinski definition) is 4. The zero-order valence-corrected chi connectivity index (χ0v) is 9.33. The van der Waals surface area contributed by atoms with Gasteiger partial charge >= 0.3 is 0 Å². The highest BCUT2D eigenvalue weighted by Gasteiger charge is 2.08. The smallest absolute Gasteiger partial charge is 0.222 e. The number of nitrogen functional groups attached to an aromatic ring is 1. The molecule has 0 amide bonds. The van der Waals surface area contributed by atoms with Gasteiger partial charge < -0.3 is 5.73 Å². The van der Waals surface area contributed by atoms with E-state index in [4.69, 9.17) is 5.73 Å². The van der Waals surface area contributed by atoms with Crippen LogP contribution in [-0.4, -0.2) is 19.5 Å². The summed E-state index contributed by atoms with van der Waals surface area (Å²) in [6.07, 6.45) is 3.37. The Labute approximate surface area is 98.0 Å². The maximum absolute atomic E-state index is 5.60. The fourth-order valence-corrected chi connectivity index (χ4v) is 1.83. The van der Waals surface area contributed by atoms with Gasteiger partial charge in [-0.25, -0.2) is 9.97 Å². The molecule has 0 atom stereocenters. The number of aromatic nitrogens is 4. The number of aryl methyl sites for hydroxylation is 1. The lowest BCUT2D eigenvalue weighted by atomic mass is 10.2. The van der Waals surface area contributed by atoms with Crippen LogP contribution in [-0.2, 0) is 0 Å². The topological polar surface area (TPSA) is 69.6 Å². The van der Waals surface area contributed by atoms with Gasteiger partial charge in [-0.1, -0.05) is 18.2 Å². The molecule has 0 spiro atoms. The lowest BCUT2D eigenvalue weighted by Crippen LogP contribution is -1.99. The van der Waals surface area contributed by atoms with Crippen molar-refractivity contribution in [1.29, 1.82) is 0 Å². The average molecular weight is 225 g/mol. The fraction of sp³-hybridized carbons (Fsp3) is 0.0833. The van der Waals surface area contributed by atoms with Crippen LogP contribution in [0.3, 0.4) is 0 Å². The van der Waals surface area contributed by atoms with Gasteiger partial charge in [0.25, 0.3) is 0 Å². The molecule has 0 unspecified atom stereocenters. The molecule has 2 aromatic heterocycles. The van der Waals surface area contributed by atoms with Gasteiger partial charge in [0.1, 0.15) is 11.8 Å². The van der Waals surface area contributed by atoms with Crippen LogP contribution in [0.25, 0.3) is 16.9 Å². The number of nitrogens with zero attached hydrogens (tertiary/aromatic N) is 4. The molecule has 17 heavy (non-hydrogen) atoms. The standard InChI is InChI=1S/C12H11N5/c1-8-4-2-3-5-10(8)17-7-15-9-6-14-12(13)16-11(9)17/h2-7H,1H3,(H2,13,14,16). The second-order valence-electron chi connectivity index (χ2n) is 3.84. The molecular formula is C12H11N5. The fourth-order valence-electron chi connectivity index (χ4n) is 1.83. The summed E-state index contributed by atoms with van der Waals surface area (Å²) in [6.45, 7) is 2.05. The Kier molecular flexibility index (Phi) is 2.04. The maximum atomic E-state index is 5.60. The minimum atomic E-state index is 0.257. The van der Waals surface area contributed by atoms with Crippen molar-refractivity contribution >= 4 is 17.1 Å². The summed E-state index contributed by atoms with van der Waals surface area (Å²) in [4.78, 5) is 12.4. The molecule has 0 aliphatic rings. The van der Waals surface area contributed by atoms with E-state index in [1.54, 1.807) is 12.5 Å². The number of hydrogen-bond donors (Lipinski definition) is 1. The molecule has 5 nitrogen and oxygen atoms in total. The molecule has 0 fully saturated rings. The Balaban J connectivity index is 2.31. The zero-order chi connectivity index (χ0) is 11.8. The summed E-state index contributed by atoms with van der Waals surface area (Å²) in [5.74, 6) is 0.257. The van der Waals surface area contributed by atoms with Crippen molar-refractivity contribution < 1.29 is 0 Å². The van der Waals surface area contributed by atoms with Gasteiger partial charge in [-0.15, -0.1) is 0 Å². The van der Waals surface area contributed by atoms with Crippen molar-refractivity contribution in [3.63, 3.8) is 0 Å². The molecule has 3 aromatic rings. The lowest BCUT2D eigenvalue weighted by molar-refractivity contribution is 1.05. The van der Waals surface area contributed by atoms with E-state index in [9.17, 15) is 0 Å². The van der Waals surface area contributed by atoms with E-state index in [0.717, 1.165) is 22.4 Å². The average Bonchev–Trinajstić information content (AvgIpc) is 2.72. The summed E-state index contributed by atoms with van der Waals surface area (Å²) in [7, 11) is 0. The number of para-hydroxylation sites is 1. The van der Waals surface area contributed by atoms with E-state index >= 15 is 0 Å². The Bertz CT molecular complexity index is 686. The Morgan fingerprint density at radius 1 is 1.18 bits per heavy atom. The highest BCUT2D eigenvalue weighted by molar-refractivity contribution is 5.73. The van der Waals surface area contributed by atoms with Crippen LogP contribution in [0.5, 0.6) is 0 Å². The third-order valence-electron chi connectivity index (χ3n) is 2.68. The molecule has 1 aromatic carbocycles. The van der Waals surface area contributed by atoms with Gasteiger partial charge in [-0.3, -0.25) is 4.57 Å². The number of imidazole rings is 1. The molecule has 5 heteroatoms. The minimum absolute atomic E-state index is 0.257. The van der Waals surface area contributed by atoms with E-state index in [2.05, 4.69) is 15.0 Å². The van der Waals surface area contributed by atoms with Gasteiger partial charge in [0, 0.05) is 0 Å². The molecule has 3 rings (SSSR count). The van der Waals surface area contributed by atoms with Crippen molar-refractivity contribution in [2.45, 2.75) is 6.92 Å². The second-order valence-corrected chi connectivity index (χ2v) is 3.84. The molecule has 0 saturated carbocycles. The Hall–Kier alpha value is -2.43. The van der Waals surface area contributed by atoms with Crippen molar-refractivity contribution in [1.82, 2.24) is 19.5 Å². The van der Waals surface area contributed by atoms with Crippen LogP contribution in [0.2, 0.25) is 0 Å². The van der Waals surface area contributed by atoms with Gasteiger partial charge in [-0.2, -0.15) is 4.98 Å². The van der Waals surface area contributed by atoms with Gasteiger partial charge in [0.2, 0.25) is 5.95 Å². The molecule has 2 heterocycles. The van der Waals surface area contributed by atoms with E-state index in [1.165, 1.54) is 0 Å². The Morgan fingerprint density at radius 3 is 2.82 bits per heavy atom. The summed E-state index contributed by atoms with van der Waals surface area (Å²) >= 11 is 0. The molecule has 2 N–H and O–H groups in total. The van der Waals surface area contributed by atoms with Crippen molar-refractivity contribution in [2.24, 2.45) is 0 Å². The van der Waals surface area contributed by atoms with Gasteiger partial charge in [0.15, 0.2) is 5.65 Å². The first-order valence-electron chi connectivity index (χ1n) is 5.27. The van der Waals surface area contributed by atoms with Crippen LogP contribution in [0.4, 0.5) is 5.95 Å². The molecule has 84 valence electrons. The third kappa shape index (κ3) is 1.52. The van der Waals surface area contributed by atoms with E-state index in [0.29, 0.717) is 0 Å². The first-order chi connectivity index (χ1) is 8.25. The molecule has 0 bridgehead atoms. The molecule has 0 radical (unpaired) electrons. The number of fused-ring (bicyclic) bond motifs is 1. The van der Waals surface area contributed by atoms with Crippen LogP contribution >= 0.6 is 0 Å². The van der Waals surface area contributed by atoms with Crippen molar-refractivity contribution in [3.05, 3.63) is 42.4 Å². The molecular weight excluding hydrogens is 214 g/mol. The number of rotatable bonds is 1. The summed E-state index contributed by atoms with van der Waals surface area (Å²) < 4.78 is 1.92. The maximum Gasteiger partial charge on any atom is 0.222 e. The van der Waals surface area contributed by atoms with Crippen molar-refractivity contribution in [3.8, 4) is 5.69 Å². The van der Waals surface area contributed by atoms with Crippen LogP contribution in [0.15, 0.2) is 36.8 Å². The number of anilines is 1.